The van der Waals surface area contributed by atoms with E-state index < -0.39 is 0 Å². The number of amides is 1. The number of fused-ring (bicyclic) bond motifs is 1. The summed E-state index contributed by atoms with van der Waals surface area (Å²) >= 11 is 7.35. The van der Waals surface area contributed by atoms with Gasteiger partial charge in [-0.15, -0.1) is 16.4 Å². The van der Waals surface area contributed by atoms with Gasteiger partial charge in [-0.2, -0.15) is 4.98 Å². The molecular weight excluding hydrogens is 392 g/mol. The lowest BCUT2D eigenvalue weighted by molar-refractivity contribution is -0.111. The molecular formula is C21H17ClN4OS. The minimum atomic E-state index is -0.290. The highest BCUT2D eigenvalue weighted by Crippen LogP contribution is 2.28. The molecule has 0 aliphatic heterocycles. The lowest BCUT2D eigenvalue weighted by atomic mass is 10.0. The number of aromatic nitrogens is 3. The molecule has 0 bridgehead atoms. The van der Waals surface area contributed by atoms with Crippen molar-refractivity contribution in [3.05, 3.63) is 75.6 Å². The number of hydrogen-bond donors (Lipinski definition) is 1. The maximum absolute atomic E-state index is 12.2. The first-order valence-corrected chi connectivity index (χ1v) is 9.92. The molecule has 1 amide bonds. The molecule has 2 aromatic carbocycles. The number of hydrogen-bond acceptors (Lipinski definition) is 4. The van der Waals surface area contributed by atoms with E-state index in [0.717, 1.165) is 21.8 Å². The van der Waals surface area contributed by atoms with E-state index in [1.807, 2.05) is 17.5 Å². The van der Waals surface area contributed by atoms with Crippen LogP contribution in [0.2, 0.25) is 5.02 Å². The summed E-state index contributed by atoms with van der Waals surface area (Å²) in [6, 6.07) is 13.5. The Hall–Kier alpha value is -2.96. The molecule has 0 fully saturated rings. The fourth-order valence-corrected chi connectivity index (χ4v) is 3.87. The highest BCUT2D eigenvalue weighted by Gasteiger charge is 2.14. The van der Waals surface area contributed by atoms with Crippen molar-refractivity contribution >= 4 is 45.8 Å². The summed E-state index contributed by atoms with van der Waals surface area (Å²) in [5.41, 5.74) is 5.33. The molecule has 0 atom stereocenters. The van der Waals surface area contributed by atoms with Gasteiger partial charge in [0.05, 0.1) is 5.69 Å². The first-order chi connectivity index (χ1) is 13.5. The molecule has 0 aliphatic rings. The maximum atomic E-state index is 12.2. The van der Waals surface area contributed by atoms with E-state index in [-0.39, 0.29) is 11.9 Å². The zero-order valence-electron chi connectivity index (χ0n) is 15.3. The largest absolute Gasteiger partial charge is 0.290 e. The Balaban J connectivity index is 1.54. The van der Waals surface area contributed by atoms with Crippen molar-refractivity contribution in [3.8, 4) is 11.3 Å². The van der Waals surface area contributed by atoms with E-state index in [4.69, 9.17) is 11.6 Å². The van der Waals surface area contributed by atoms with Crippen LogP contribution in [0.4, 0.5) is 5.95 Å². The monoisotopic (exact) mass is 408 g/mol. The number of benzene rings is 2. The maximum Gasteiger partial charge on any atom is 0.250 e. The van der Waals surface area contributed by atoms with Crippen LogP contribution < -0.4 is 5.32 Å². The van der Waals surface area contributed by atoms with Crippen LogP contribution in [-0.2, 0) is 4.79 Å². The van der Waals surface area contributed by atoms with Gasteiger partial charge in [-0.05, 0) is 43.2 Å². The van der Waals surface area contributed by atoms with Gasteiger partial charge in [0.25, 0.3) is 11.9 Å². The topological polar surface area (TPSA) is 59.3 Å². The standard InChI is InChI=1S/C21H17ClN4OS/c1-13-3-9-17(14(2)11-13)18-12-28-21-24-20(25-26(18)21)23-19(27)10-6-15-4-7-16(22)8-5-15/h3-12H,1-2H3,(H,23,25,27)/b10-6+. The third-order valence-electron chi connectivity index (χ3n) is 4.27. The Bertz CT molecular complexity index is 1190. The fourth-order valence-electron chi connectivity index (χ4n) is 2.92. The average molecular weight is 409 g/mol. The van der Waals surface area contributed by atoms with Gasteiger partial charge in [-0.1, -0.05) is 47.5 Å². The number of carbonyl (C=O) groups excluding carboxylic acids is 1. The predicted octanol–water partition coefficient (Wildman–Crippen LogP) is 5.38. The molecule has 0 saturated carbocycles. The highest BCUT2D eigenvalue weighted by atomic mass is 35.5. The van der Waals surface area contributed by atoms with Crippen LogP contribution in [0.3, 0.4) is 0 Å². The number of halogens is 1. The lowest BCUT2D eigenvalue weighted by Gasteiger charge is -2.05. The molecule has 2 aromatic heterocycles. The van der Waals surface area contributed by atoms with Gasteiger partial charge in [-0.25, -0.2) is 4.52 Å². The number of aryl methyl sites for hydroxylation is 2. The van der Waals surface area contributed by atoms with Crippen LogP contribution in [0.25, 0.3) is 22.3 Å². The number of nitrogens with zero attached hydrogens (tertiary/aromatic N) is 3. The zero-order valence-corrected chi connectivity index (χ0v) is 16.9. The summed E-state index contributed by atoms with van der Waals surface area (Å²) < 4.78 is 1.76. The van der Waals surface area contributed by atoms with Crippen molar-refractivity contribution in [2.75, 3.05) is 5.32 Å². The molecule has 7 heteroatoms. The Morgan fingerprint density at radius 1 is 1.18 bits per heavy atom. The lowest BCUT2D eigenvalue weighted by Crippen LogP contribution is -2.09. The molecule has 0 saturated heterocycles. The van der Waals surface area contributed by atoms with Crippen molar-refractivity contribution in [3.63, 3.8) is 0 Å². The summed E-state index contributed by atoms with van der Waals surface area (Å²) in [5.74, 6) is -0.00936. The number of carbonyl (C=O) groups is 1. The summed E-state index contributed by atoms with van der Waals surface area (Å²) in [7, 11) is 0. The number of nitrogens with one attached hydrogen (secondary N) is 1. The van der Waals surface area contributed by atoms with Crippen LogP contribution in [0.5, 0.6) is 0 Å². The van der Waals surface area contributed by atoms with Crippen molar-refractivity contribution in [2.24, 2.45) is 0 Å². The van der Waals surface area contributed by atoms with Gasteiger partial charge in [0.2, 0.25) is 4.96 Å². The second-order valence-electron chi connectivity index (χ2n) is 6.44. The summed E-state index contributed by atoms with van der Waals surface area (Å²) in [6.45, 7) is 4.15. The van der Waals surface area contributed by atoms with Gasteiger partial charge in [0.15, 0.2) is 0 Å². The Kier molecular flexibility index (Phi) is 4.98. The Labute approximate surface area is 171 Å². The molecule has 140 valence electrons. The van der Waals surface area contributed by atoms with E-state index in [1.54, 1.807) is 22.7 Å². The smallest absolute Gasteiger partial charge is 0.250 e. The molecule has 1 N–H and O–H groups in total. The molecule has 28 heavy (non-hydrogen) atoms. The number of thiazole rings is 1. The second kappa shape index (κ2) is 7.58. The van der Waals surface area contributed by atoms with Gasteiger partial charge in [0.1, 0.15) is 0 Å². The third-order valence-corrected chi connectivity index (χ3v) is 5.34. The molecule has 2 heterocycles. The summed E-state index contributed by atoms with van der Waals surface area (Å²) in [4.78, 5) is 17.3. The average Bonchev–Trinajstić information content (AvgIpc) is 3.22. The van der Waals surface area contributed by atoms with E-state index >= 15 is 0 Å². The van der Waals surface area contributed by atoms with Gasteiger partial charge in [-0.3, -0.25) is 10.1 Å². The van der Waals surface area contributed by atoms with Crippen LogP contribution in [-0.4, -0.2) is 20.5 Å². The fraction of sp³-hybridized carbons (Fsp3) is 0.0952. The number of rotatable bonds is 4. The molecule has 0 spiro atoms. The zero-order chi connectivity index (χ0) is 19.7. The third kappa shape index (κ3) is 3.83. The van der Waals surface area contributed by atoms with Gasteiger partial charge in [0, 0.05) is 22.0 Å². The second-order valence-corrected chi connectivity index (χ2v) is 7.72. The molecule has 4 rings (SSSR count). The van der Waals surface area contributed by atoms with Crippen LogP contribution in [0.1, 0.15) is 16.7 Å². The SMILES string of the molecule is Cc1ccc(-c2csc3nc(NC(=O)/C=C/c4ccc(Cl)cc4)nn23)c(C)c1. The normalized spacial score (nSPS) is 11.4. The highest BCUT2D eigenvalue weighted by molar-refractivity contribution is 7.15. The Morgan fingerprint density at radius 3 is 2.71 bits per heavy atom. The van der Waals surface area contributed by atoms with Crippen LogP contribution >= 0.6 is 22.9 Å². The summed E-state index contributed by atoms with van der Waals surface area (Å²) in [6.07, 6.45) is 3.16. The van der Waals surface area contributed by atoms with Crippen molar-refractivity contribution in [1.29, 1.82) is 0 Å². The van der Waals surface area contributed by atoms with E-state index in [0.29, 0.717) is 5.02 Å². The quantitative estimate of drug-likeness (QED) is 0.461. The molecule has 5 nitrogen and oxygen atoms in total. The minimum absolute atomic E-state index is 0.281. The van der Waals surface area contributed by atoms with E-state index in [1.165, 1.54) is 28.5 Å². The number of anilines is 1. The summed E-state index contributed by atoms with van der Waals surface area (Å²) in [5, 5.41) is 9.85. The van der Waals surface area contributed by atoms with Crippen molar-refractivity contribution in [2.45, 2.75) is 13.8 Å². The molecule has 4 aromatic rings. The van der Waals surface area contributed by atoms with E-state index in [9.17, 15) is 4.79 Å². The van der Waals surface area contributed by atoms with Crippen molar-refractivity contribution < 1.29 is 4.79 Å². The van der Waals surface area contributed by atoms with Crippen LogP contribution in [0.15, 0.2) is 53.9 Å². The first kappa shape index (κ1) is 18.4. The predicted molar refractivity (Wildman–Crippen MR) is 115 cm³/mol. The molecule has 0 unspecified atom stereocenters. The van der Waals surface area contributed by atoms with Crippen molar-refractivity contribution in [1.82, 2.24) is 14.6 Å². The van der Waals surface area contributed by atoms with Crippen LogP contribution in [0, 0.1) is 13.8 Å². The van der Waals surface area contributed by atoms with Gasteiger partial charge < -0.3 is 0 Å². The minimum Gasteiger partial charge on any atom is -0.290 e. The molecule has 0 aliphatic carbocycles. The Morgan fingerprint density at radius 2 is 1.96 bits per heavy atom. The van der Waals surface area contributed by atoms with Gasteiger partial charge >= 0.3 is 0 Å². The first-order valence-electron chi connectivity index (χ1n) is 8.66. The van der Waals surface area contributed by atoms with E-state index in [2.05, 4.69) is 47.4 Å². The molecule has 0 radical (unpaired) electrons.